The molecular weight excluding hydrogens is 258 g/mol. The average Bonchev–Trinajstić information content (AvgIpc) is 2.93. The zero-order chi connectivity index (χ0) is 13.5. The summed E-state index contributed by atoms with van der Waals surface area (Å²) in [6, 6.07) is 3.90. The summed E-state index contributed by atoms with van der Waals surface area (Å²) in [5.41, 5.74) is 2.06. The first-order valence-corrected chi connectivity index (χ1v) is 6.92. The molecule has 0 bridgehead atoms. The molecule has 0 unspecified atom stereocenters. The summed E-state index contributed by atoms with van der Waals surface area (Å²) in [5, 5.41) is 5.88. The lowest BCUT2D eigenvalue weighted by Gasteiger charge is -2.00. The van der Waals surface area contributed by atoms with E-state index in [2.05, 4.69) is 21.9 Å². The number of nitrogens with zero attached hydrogens (tertiary/aromatic N) is 2. The van der Waals surface area contributed by atoms with Gasteiger partial charge < -0.3 is 5.32 Å². The monoisotopic (exact) mass is 273 g/mol. The molecule has 1 amide bonds. The van der Waals surface area contributed by atoms with Gasteiger partial charge in [0.05, 0.1) is 10.7 Å². The quantitative estimate of drug-likeness (QED) is 0.649. The van der Waals surface area contributed by atoms with E-state index in [0.717, 1.165) is 29.1 Å². The Morgan fingerprint density at radius 1 is 1.42 bits per heavy atom. The number of hydrogen-bond acceptors (Lipinski definition) is 4. The van der Waals surface area contributed by atoms with E-state index in [1.165, 1.54) is 6.08 Å². The SMILES string of the molecule is C=CC(=O)NCCCc1nc(-c2ccncc2)cs1. The smallest absolute Gasteiger partial charge is 0.243 e. The molecule has 0 spiro atoms. The molecule has 0 aliphatic carbocycles. The molecule has 0 aromatic carbocycles. The van der Waals surface area contributed by atoms with E-state index in [-0.39, 0.29) is 5.91 Å². The molecule has 98 valence electrons. The van der Waals surface area contributed by atoms with Gasteiger partial charge in [0.25, 0.3) is 0 Å². The van der Waals surface area contributed by atoms with Gasteiger partial charge in [0.15, 0.2) is 0 Å². The van der Waals surface area contributed by atoms with Crippen LogP contribution in [0, 0.1) is 0 Å². The van der Waals surface area contributed by atoms with Crippen LogP contribution < -0.4 is 5.32 Å². The maximum Gasteiger partial charge on any atom is 0.243 e. The van der Waals surface area contributed by atoms with Crippen LogP contribution in [0.15, 0.2) is 42.6 Å². The second-order valence-corrected chi connectivity index (χ2v) is 4.90. The van der Waals surface area contributed by atoms with Crippen molar-refractivity contribution in [2.75, 3.05) is 6.54 Å². The van der Waals surface area contributed by atoms with Gasteiger partial charge in [-0.15, -0.1) is 11.3 Å². The molecule has 4 nitrogen and oxygen atoms in total. The summed E-state index contributed by atoms with van der Waals surface area (Å²) >= 11 is 1.64. The largest absolute Gasteiger partial charge is 0.353 e. The molecule has 0 aliphatic heterocycles. The Morgan fingerprint density at radius 2 is 2.21 bits per heavy atom. The molecule has 2 aromatic heterocycles. The summed E-state index contributed by atoms with van der Waals surface area (Å²) in [5.74, 6) is -0.128. The highest BCUT2D eigenvalue weighted by Crippen LogP contribution is 2.21. The number of amides is 1. The number of aryl methyl sites for hydroxylation is 1. The van der Waals surface area contributed by atoms with Crippen molar-refractivity contribution >= 4 is 17.2 Å². The molecule has 2 aromatic rings. The standard InChI is InChI=1S/C14H15N3OS/c1-2-13(18)16-7-3-4-14-17-12(10-19-14)11-5-8-15-9-6-11/h2,5-6,8-10H,1,3-4,7H2,(H,16,18). The number of nitrogens with one attached hydrogen (secondary N) is 1. The van der Waals surface area contributed by atoms with Crippen molar-refractivity contribution in [3.63, 3.8) is 0 Å². The molecule has 19 heavy (non-hydrogen) atoms. The highest BCUT2D eigenvalue weighted by molar-refractivity contribution is 7.09. The van der Waals surface area contributed by atoms with E-state index < -0.39 is 0 Å². The summed E-state index contributed by atoms with van der Waals surface area (Å²) in [6.07, 6.45) is 6.55. The molecular formula is C14H15N3OS. The first-order chi connectivity index (χ1) is 9.29. The summed E-state index contributed by atoms with van der Waals surface area (Å²) < 4.78 is 0. The number of carbonyl (C=O) groups is 1. The predicted molar refractivity (Wildman–Crippen MR) is 76.9 cm³/mol. The van der Waals surface area contributed by atoms with Crippen molar-refractivity contribution in [3.8, 4) is 11.3 Å². The Labute approximate surface area is 116 Å². The van der Waals surface area contributed by atoms with Crippen molar-refractivity contribution in [1.29, 1.82) is 0 Å². The zero-order valence-corrected chi connectivity index (χ0v) is 11.3. The minimum Gasteiger partial charge on any atom is -0.353 e. The van der Waals surface area contributed by atoms with Gasteiger partial charge in [-0.05, 0) is 24.6 Å². The maximum absolute atomic E-state index is 11.0. The number of rotatable bonds is 6. The van der Waals surface area contributed by atoms with E-state index >= 15 is 0 Å². The Balaban J connectivity index is 1.85. The lowest BCUT2D eigenvalue weighted by molar-refractivity contribution is -0.116. The zero-order valence-electron chi connectivity index (χ0n) is 10.5. The number of hydrogen-bond donors (Lipinski definition) is 1. The van der Waals surface area contributed by atoms with Gasteiger partial charge in [0, 0.05) is 36.3 Å². The van der Waals surface area contributed by atoms with Crippen LogP contribution in [0.3, 0.4) is 0 Å². The highest BCUT2D eigenvalue weighted by atomic mass is 32.1. The van der Waals surface area contributed by atoms with E-state index in [1.54, 1.807) is 23.7 Å². The fraction of sp³-hybridized carbons (Fsp3) is 0.214. The minimum atomic E-state index is -0.128. The van der Waals surface area contributed by atoms with Crippen LogP contribution in [-0.4, -0.2) is 22.4 Å². The molecule has 2 heterocycles. The molecule has 5 heteroatoms. The third-order valence-corrected chi connectivity index (χ3v) is 3.49. The summed E-state index contributed by atoms with van der Waals surface area (Å²) in [7, 11) is 0. The molecule has 2 rings (SSSR count). The highest BCUT2D eigenvalue weighted by Gasteiger charge is 2.04. The van der Waals surface area contributed by atoms with Crippen molar-refractivity contribution in [2.45, 2.75) is 12.8 Å². The number of thiazole rings is 1. The fourth-order valence-electron chi connectivity index (χ4n) is 1.60. The number of carbonyl (C=O) groups excluding carboxylic acids is 1. The van der Waals surface area contributed by atoms with Crippen LogP contribution in [0.4, 0.5) is 0 Å². The van der Waals surface area contributed by atoms with E-state index in [0.29, 0.717) is 6.54 Å². The van der Waals surface area contributed by atoms with E-state index in [4.69, 9.17) is 0 Å². The third-order valence-electron chi connectivity index (χ3n) is 2.58. The number of aromatic nitrogens is 2. The van der Waals surface area contributed by atoms with Crippen LogP contribution in [0.2, 0.25) is 0 Å². The summed E-state index contributed by atoms with van der Waals surface area (Å²) in [4.78, 5) is 19.5. The van der Waals surface area contributed by atoms with Gasteiger partial charge in [0.1, 0.15) is 0 Å². The van der Waals surface area contributed by atoms with Gasteiger partial charge in [-0.25, -0.2) is 4.98 Å². The second-order valence-electron chi connectivity index (χ2n) is 3.96. The Morgan fingerprint density at radius 3 is 2.95 bits per heavy atom. The average molecular weight is 273 g/mol. The third kappa shape index (κ3) is 3.99. The van der Waals surface area contributed by atoms with Gasteiger partial charge in [-0.2, -0.15) is 0 Å². The van der Waals surface area contributed by atoms with Gasteiger partial charge in [-0.1, -0.05) is 6.58 Å². The van der Waals surface area contributed by atoms with Crippen LogP contribution >= 0.6 is 11.3 Å². The molecule has 0 aliphatic rings. The van der Waals surface area contributed by atoms with Crippen molar-refractivity contribution < 1.29 is 4.79 Å². The Hall–Kier alpha value is -2.01. The molecule has 0 atom stereocenters. The minimum absolute atomic E-state index is 0.128. The maximum atomic E-state index is 11.0. The van der Waals surface area contributed by atoms with Gasteiger partial charge in [-0.3, -0.25) is 9.78 Å². The van der Waals surface area contributed by atoms with Crippen LogP contribution in [0.5, 0.6) is 0 Å². The van der Waals surface area contributed by atoms with Crippen molar-refractivity contribution in [3.05, 3.63) is 47.6 Å². The van der Waals surface area contributed by atoms with Gasteiger partial charge in [0.2, 0.25) is 5.91 Å². The summed E-state index contributed by atoms with van der Waals surface area (Å²) in [6.45, 7) is 4.05. The Bertz CT molecular complexity index is 551. The normalized spacial score (nSPS) is 10.1. The topological polar surface area (TPSA) is 54.9 Å². The second kappa shape index (κ2) is 6.80. The van der Waals surface area contributed by atoms with Crippen LogP contribution in [0.25, 0.3) is 11.3 Å². The fourth-order valence-corrected chi connectivity index (χ4v) is 2.45. The lowest BCUT2D eigenvalue weighted by atomic mass is 10.2. The van der Waals surface area contributed by atoms with Crippen LogP contribution in [-0.2, 0) is 11.2 Å². The van der Waals surface area contributed by atoms with E-state index in [1.807, 2.05) is 17.5 Å². The molecule has 0 saturated carbocycles. The van der Waals surface area contributed by atoms with Gasteiger partial charge >= 0.3 is 0 Å². The molecule has 0 fully saturated rings. The first kappa shape index (κ1) is 13.4. The molecule has 0 radical (unpaired) electrons. The molecule has 0 saturated heterocycles. The Kier molecular flexibility index (Phi) is 4.80. The van der Waals surface area contributed by atoms with E-state index in [9.17, 15) is 4.79 Å². The predicted octanol–water partition coefficient (Wildman–Crippen LogP) is 2.44. The first-order valence-electron chi connectivity index (χ1n) is 6.04. The van der Waals surface area contributed by atoms with Crippen LogP contribution in [0.1, 0.15) is 11.4 Å². The van der Waals surface area contributed by atoms with Crippen molar-refractivity contribution in [2.24, 2.45) is 0 Å². The number of pyridine rings is 1. The van der Waals surface area contributed by atoms with Crippen molar-refractivity contribution in [1.82, 2.24) is 15.3 Å². The lowest BCUT2D eigenvalue weighted by Crippen LogP contribution is -2.22. The molecule has 1 N–H and O–H groups in total.